The molecule has 0 saturated heterocycles. The number of rotatable bonds is 6. The summed E-state index contributed by atoms with van der Waals surface area (Å²) in [5.74, 6) is -1.26. The van der Waals surface area contributed by atoms with Crippen LogP contribution in [0.4, 0.5) is 0 Å². The number of benzene rings is 1. The second kappa shape index (κ2) is 8.35. The van der Waals surface area contributed by atoms with Crippen LogP contribution in [-0.4, -0.2) is 24.0 Å². The summed E-state index contributed by atoms with van der Waals surface area (Å²) in [5, 5.41) is 13.3. The first-order valence-electron chi connectivity index (χ1n) is 8.01. The molecule has 1 N–H and O–H groups in total. The summed E-state index contributed by atoms with van der Waals surface area (Å²) in [7, 11) is 0. The van der Waals surface area contributed by atoms with Crippen LogP contribution in [0.25, 0.3) is 16.2 Å². The fourth-order valence-corrected chi connectivity index (χ4v) is 3.49. The van der Waals surface area contributed by atoms with Gasteiger partial charge in [0, 0.05) is 21.0 Å². The predicted octanol–water partition coefficient (Wildman–Crippen LogP) is 4.17. The van der Waals surface area contributed by atoms with Gasteiger partial charge in [-0.2, -0.15) is 5.26 Å². The van der Waals surface area contributed by atoms with Crippen molar-refractivity contribution in [1.29, 1.82) is 5.26 Å². The van der Waals surface area contributed by atoms with Gasteiger partial charge >= 0.3 is 5.97 Å². The molecule has 1 heterocycles. The Morgan fingerprint density at radius 3 is 2.73 bits per heavy atom. The molecule has 0 aliphatic carbocycles. The zero-order chi connectivity index (χ0) is 19.3. The highest BCUT2D eigenvalue weighted by atomic mass is 35.5. The molecule has 26 heavy (non-hydrogen) atoms. The molecule has 0 aliphatic heterocycles. The Kier molecular flexibility index (Phi) is 6.41. The minimum absolute atomic E-state index is 0.0813. The predicted molar refractivity (Wildman–Crippen MR) is 104 cm³/mol. The maximum atomic E-state index is 11.9. The maximum absolute atomic E-state index is 11.9. The molecular weight excluding hydrogens is 372 g/mol. The molecule has 1 aromatic carbocycles. The van der Waals surface area contributed by atoms with Crippen LogP contribution in [-0.2, 0) is 14.3 Å². The lowest BCUT2D eigenvalue weighted by atomic mass is 9.90. The number of thiophene rings is 1. The fourth-order valence-electron chi connectivity index (χ4n) is 2.10. The largest absolute Gasteiger partial charge is 0.452 e. The van der Waals surface area contributed by atoms with E-state index in [0.717, 1.165) is 15.0 Å². The molecule has 0 spiro atoms. The van der Waals surface area contributed by atoms with Gasteiger partial charge in [0.2, 0.25) is 0 Å². The van der Waals surface area contributed by atoms with E-state index in [0.29, 0.717) is 5.02 Å². The van der Waals surface area contributed by atoms with Gasteiger partial charge in [0.1, 0.15) is 5.54 Å². The number of ether oxygens (including phenoxy) is 1. The van der Waals surface area contributed by atoms with Crippen LogP contribution in [0.1, 0.15) is 25.6 Å². The molecule has 0 fully saturated rings. The summed E-state index contributed by atoms with van der Waals surface area (Å²) in [6.45, 7) is 4.83. The summed E-state index contributed by atoms with van der Waals surface area (Å²) in [4.78, 5) is 24.5. The molecular formula is C19H19ClN2O3S. The Hall–Kier alpha value is -2.36. The van der Waals surface area contributed by atoms with Gasteiger partial charge in [-0.1, -0.05) is 43.6 Å². The lowest BCUT2D eigenvalue weighted by molar-refractivity contribution is -0.144. The molecule has 1 atom stereocenters. The molecule has 1 amide bonds. The van der Waals surface area contributed by atoms with E-state index in [4.69, 9.17) is 16.3 Å². The monoisotopic (exact) mass is 390 g/mol. The first-order valence-corrected chi connectivity index (χ1v) is 9.20. The molecule has 136 valence electrons. The van der Waals surface area contributed by atoms with Crippen molar-refractivity contribution in [3.05, 3.63) is 40.2 Å². The molecule has 2 rings (SSSR count). The van der Waals surface area contributed by atoms with Crippen LogP contribution in [0.5, 0.6) is 0 Å². The maximum Gasteiger partial charge on any atom is 0.331 e. The van der Waals surface area contributed by atoms with E-state index in [1.54, 1.807) is 13.0 Å². The van der Waals surface area contributed by atoms with Crippen molar-refractivity contribution in [2.75, 3.05) is 6.61 Å². The van der Waals surface area contributed by atoms with E-state index in [-0.39, 0.29) is 5.92 Å². The van der Waals surface area contributed by atoms with Crippen LogP contribution in [0.2, 0.25) is 5.02 Å². The SMILES string of the molecule is CC(C)C(C)(C#N)NC(=O)COC(=O)C=Cc1sc2ccccc2c1Cl. The van der Waals surface area contributed by atoms with Gasteiger partial charge in [0.25, 0.3) is 5.91 Å². The number of esters is 1. The highest BCUT2D eigenvalue weighted by Crippen LogP contribution is 2.35. The quantitative estimate of drug-likeness (QED) is 0.593. The normalized spacial score (nSPS) is 13.5. The molecule has 0 aliphatic rings. The third-order valence-corrected chi connectivity index (χ3v) is 5.72. The number of hydrogen-bond acceptors (Lipinski definition) is 5. The van der Waals surface area contributed by atoms with Crippen molar-refractivity contribution in [3.8, 4) is 6.07 Å². The zero-order valence-electron chi connectivity index (χ0n) is 14.7. The third kappa shape index (κ3) is 4.63. The summed E-state index contributed by atoms with van der Waals surface area (Å²) in [6, 6.07) is 9.74. The molecule has 7 heteroatoms. The minimum Gasteiger partial charge on any atom is -0.452 e. The van der Waals surface area contributed by atoms with Crippen LogP contribution < -0.4 is 5.32 Å². The standard InChI is InChI=1S/C19H19ClN2O3S/c1-12(2)19(3,11-21)22-16(23)10-25-17(24)9-8-15-18(20)13-6-4-5-7-14(13)26-15/h4-9,12H,10H2,1-3H3,(H,22,23). The number of nitriles is 1. The number of amides is 1. The molecule has 0 saturated carbocycles. The number of nitrogens with zero attached hydrogens (tertiary/aromatic N) is 1. The van der Waals surface area contributed by atoms with Crippen LogP contribution >= 0.6 is 22.9 Å². The Labute approximate surface area is 161 Å². The zero-order valence-corrected chi connectivity index (χ0v) is 16.3. The molecule has 1 unspecified atom stereocenters. The van der Waals surface area contributed by atoms with E-state index in [2.05, 4.69) is 11.4 Å². The fraction of sp³-hybridized carbons (Fsp3) is 0.316. The number of carbonyl (C=O) groups excluding carboxylic acids is 2. The van der Waals surface area contributed by atoms with Crippen molar-refractivity contribution in [3.63, 3.8) is 0 Å². The third-order valence-electron chi connectivity index (χ3n) is 4.06. The first kappa shape index (κ1) is 20.0. The Morgan fingerprint density at radius 2 is 2.12 bits per heavy atom. The summed E-state index contributed by atoms with van der Waals surface area (Å²) >= 11 is 7.76. The summed E-state index contributed by atoms with van der Waals surface area (Å²) in [6.07, 6.45) is 2.80. The number of hydrogen-bond donors (Lipinski definition) is 1. The lowest BCUT2D eigenvalue weighted by Crippen LogP contribution is -2.50. The lowest BCUT2D eigenvalue weighted by Gasteiger charge is -2.27. The average Bonchev–Trinajstić information content (AvgIpc) is 2.94. The molecule has 2 aromatic rings. The van der Waals surface area contributed by atoms with Crippen LogP contribution in [0, 0.1) is 17.2 Å². The molecule has 0 bridgehead atoms. The van der Waals surface area contributed by atoms with Gasteiger partial charge in [0.05, 0.1) is 11.1 Å². The number of halogens is 1. The van der Waals surface area contributed by atoms with E-state index < -0.39 is 24.0 Å². The minimum atomic E-state index is -1.01. The second-order valence-electron chi connectivity index (χ2n) is 6.23. The van der Waals surface area contributed by atoms with E-state index in [9.17, 15) is 14.9 Å². The molecule has 5 nitrogen and oxygen atoms in total. The second-order valence-corrected chi connectivity index (χ2v) is 7.70. The van der Waals surface area contributed by atoms with Gasteiger partial charge < -0.3 is 10.1 Å². The number of fused-ring (bicyclic) bond motifs is 1. The Bertz CT molecular complexity index is 898. The van der Waals surface area contributed by atoms with Crippen molar-refractivity contribution >= 4 is 51.0 Å². The van der Waals surface area contributed by atoms with Crippen molar-refractivity contribution in [1.82, 2.24) is 5.32 Å². The van der Waals surface area contributed by atoms with Crippen LogP contribution in [0.15, 0.2) is 30.3 Å². The highest BCUT2D eigenvalue weighted by Gasteiger charge is 2.30. The van der Waals surface area contributed by atoms with Crippen LogP contribution in [0.3, 0.4) is 0 Å². The van der Waals surface area contributed by atoms with Gasteiger partial charge in [-0.25, -0.2) is 4.79 Å². The highest BCUT2D eigenvalue weighted by molar-refractivity contribution is 7.20. The van der Waals surface area contributed by atoms with Crippen molar-refractivity contribution in [2.45, 2.75) is 26.3 Å². The van der Waals surface area contributed by atoms with E-state index in [1.165, 1.54) is 17.4 Å². The van der Waals surface area contributed by atoms with Gasteiger partial charge in [0.15, 0.2) is 6.61 Å². The Balaban J connectivity index is 1.94. The van der Waals surface area contributed by atoms with E-state index in [1.807, 2.05) is 38.1 Å². The van der Waals surface area contributed by atoms with Gasteiger partial charge in [-0.05, 0) is 25.0 Å². The Morgan fingerprint density at radius 1 is 1.42 bits per heavy atom. The first-order chi connectivity index (χ1) is 12.3. The molecule has 1 aromatic heterocycles. The van der Waals surface area contributed by atoms with Crippen molar-refractivity contribution < 1.29 is 14.3 Å². The summed E-state index contributed by atoms with van der Waals surface area (Å²) in [5.41, 5.74) is -1.01. The average molecular weight is 391 g/mol. The number of carbonyl (C=O) groups is 2. The van der Waals surface area contributed by atoms with Gasteiger partial charge in [-0.15, -0.1) is 11.3 Å². The van der Waals surface area contributed by atoms with Crippen molar-refractivity contribution in [2.24, 2.45) is 5.92 Å². The number of nitrogens with one attached hydrogen (secondary N) is 1. The topological polar surface area (TPSA) is 79.2 Å². The summed E-state index contributed by atoms with van der Waals surface area (Å²) < 4.78 is 5.95. The van der Waals surface area contributed by atoms with E-state index >= 15 is 0 Å². The van der Waals surface area contributed by atoms with Gasteiger partial charge in [-0.3, -0.25) is 4.79 Å². The molecule has 0 radical (unpaired) electrons. The smallest absolute Gasteiger partial charge is 0.331 e.